The van der Waals surface area contributed by atoms with Crippen LogP contribution in [0.15, 0.2) is 42.5 Å². The molecular formula is C34H45N7O6. The smallest absolute Gasteiger partial charge is 0.408 e. The lowest BCUT2D eigenvalue weighted by molar-refractivity contribution is -0.148. The van der Waals surface area contributed by atoms with Gasteiger partial charge in [-0.3, -0.25) is 0 Å². The number of aryl methyl sites for hydroxylation is 1. The molecule has 5 rings (SSSR count). The molecule has 0 aliphatic carbocycles. The number of carbonyl (C=O) groups excluding carboxylic acids is 1. The summed E-state index contributed by atoms with van der Waals surface area (Å²) in [6.07, 6.45) is 3.06. The van der Waals surface area contributed by atoms with Crippen molar-refractivity contribution >= 4 is 29.5 Å². The summed E-state index contributed by atoms with van der Waals surface area (Å²) in [6.45, 7) is 7.32. The molecule has 1 aromatic carbocycles. The highest BCUT2D eigenvalue weighted by Crippen LogP contribution is 2.39. The second kappa shape index (κ2) is 14.3. The van der Waals surface area contributed by atoms with Crippen molar-refractivity contribution in [1.82, 2.24) is 20.3 Å². The zero-order valence-electron chi connectivity index (χ0n) is 27.8. The maximum atomic E-state index is 13.0. The minimum Gasteiger partial charge on any atom is -0.490 e. The molecule has 1 atom stereocenters. The molecule has 47 heavy (non-hydrogen) atoms. The van der Waals surface area contributed by atoms with Crippen molar-refractivity contribution in [3.8, 4) is 11.8 Å². The zero-order valence-corrected chi connectivity index (χ0v) is 27.8. The number of piperidine rings is 1. The number of pyridine rings is 1. The molecule has 1 unspecified atom stereocenters. The van der Waals surface area contributed by atoms with E-state index in [0.29, 0.717) is 30.6 Å². The van der Waals surface area contributed by atoms with Gasteiger partial charge in [0.15, 0.2) is 17.2 Å². The van der Waals surface area contributed by atoms with Crippen LogP contribution in [0, 0.1) is 5.41 Å². The fraction of sp³-hybridized carbons (Fsp3) is 0.500. The maximum absolute atomic E-state index is 13.0. The van der Waals surface area contributed by atoms with E-state index in [1.165, 1.54) is 19.8 Å². The second-order valence-corrected chi connectivity index (χ2v) is 13.0. The van der Waals surface area contributed by atoms with Gasteiger partial charge in [0.1, 0.15) is 12.4 Å². The molecule has 4 heterocycles. The van der Waals surface area contributed by atoms with E-state index in [9.17, 15) is 14.7 Å². The van der Waals surface area contributed by atoms with E-state index in [2.05, 4.69) is 43.0 Å². The summed E-state index contributed by atoms with van der Waals surface area (Å²) in [5.74, 6) is 1.20. The molecule has 1 fully saturated rings. The van der Waals surface area contributed by atoms with Crippen LogP contribution in [-0.4, -0.2) is 78.1 Å². The van der Waals surface area contributed by atoms with Crippen LogP contribution in [0.25, 0.3) is 0 Å². The number of rotatable bonds is 11. The molecule has 13 nitrogen and oxygen atoms in total. The van der Waals surface area contributed by atoms with Crippen molar-refractivity contribution in [3.05, 3.63) is 59.3 Å². The van der Waals surface area contributed by atoms with Crippen LogP contribution in [0.1, 0.15) is 62.8 Å². The predicted molar refractivity (Wildman–Crippen MR) is 178 cm³/mol. The van der Waals surface area contributed by atoms with Crippen molar-refractivity contribution in [2.45, 2.75) is 64.5 Å². The van der Waals surface area contributed by atoms with E-state index < -0.39 is 23.0 Å². The Morgan fingerprint density at radius 2 is 1.77 bits per heavy atom. The van der Waals surface area contributed by atoms with Gasteiger partial charge in [-0.25, -0.2) is 14.6 Å². The molecule has 13 heteroatoms. The van der Waals surface area contributed by atoms with Crippen molar-refractivity contribution in [1.29, 1.82) is 0 Å². The first-order valence-electron chi connectivity index (χ1n) is 16.0. The summed E-state index contributed by atoms with van der Waals surface area (Å²) in [6, 6.07) is 13.6. The lowest BCUT2D eigenvalue weighted by atomic mass is 9.73. The molecule has 0 radical (unpaired) electrons. The number of hydrogen-bond acceptors (Lipinski definition) is 11. The quantitative estimate of drug-likeness (QED) is 0.225. The van der Waals surface area contributed by atoms with Crippen LogP contribution in [0.5, 0.6) is 11.8 Å². The number of hydrogen-bond donors (Lipinski definition) is 4. The van der Waals surface area contributed by atoms with E-state index in [4.69, 9.17) is 19.2 Å². The number of aliphatic carboxylic acids is 1. The maximum Gasteiger partial charge on any atom is 0.408 e. The van der Waals surface area contributed by atoms with Crippen molar-refractivity contribution in [2.24, 2.45) is 5.41 Å². The van der Waals surface area contributed by atoms with Crippen LogP contribution >= 0.6 is 0 Å². The van der Waals surface area contributed by atoms with Crippen molar-refractivity contribution in [3.63, 3.8) is 0 Å². The van der Waals surface area contributed by atoms with Crippen LogP contribution in [0.4, 0.5) is 22.2 Å². The summed E-state index contributed by atoms with van der Waals surface area (Å²) in [4.78, 5) is 42.0. The molecule has 2 aliphatic rings. The second-order valence-electron chi connectivity index (χ2n) is 13.0. The number of nitrogens with zero attached hydrogens (tertiary/aromatic N) is 4. The molecule has 0 spiro atoms. The van der Waals surface area contributed by atoms with E-state index in [-0.39, 0.29) is 25.0 Å². The lowest BCUT2D eigenvalue weighted by Gasteiger charge is -2.41. The fourth-order valence-corrected chi connectivity index (χ4v) is 6.09. The van der Waals surface area contributed by atoms with Gasteiger partial charge in [-0.1, -0.05) is 57.2 Å². The molecule has 252 valence electrons. The Balaban J connectivity index is 1.33. The highest BCUT2D eigenvalue weighted by molar-refractivity contribution is 5.86. The molecule has 3 aromatic rings. The van der Waals surface area contributed by atoms with E-state index in [0.717, 1.165) is 49.3 Å². The van der Waals surface area contributed by atoms with Gasteiger partial charge in [-0.15, -0.1) is 0 Å². The number of benzene rings is 1. The largest absolute Gasteiger partial charge is 0.490 e. The summed E-state index contributed by atoms with van der Waals surface area (Å²) < 4.78 is 16.7. The van der Waals surface area contributed by atoms with Gasteiger partial charge in [-0.2, -0.15) is 9.97 Å². The lowest BCUT2D eigenvalue weighted by Crippen LogP contribution is -2.66. The number of carbonyl (C=O) groups is 2. The predicted octanol–water partition coefficient (Wildman–Crippen LogP) is 4.84. The molecule has 2 aliphatic heterocycles. The third-order valence-electron chi connectivity index (χ3n) is 9.04. The Hall–Kier alpha value is -4.81. The first-order valence-corrected chi connectivity index (χ1v) is 16.0. The van der Waals surface area contributed by atoms with Crippen LogP contribution < -0.4 is 30.3 Å². The van der Waals surface area contributed by atoms with Crippen molar-refractivity contribution in [2.75, 3.05) is 55.9 Å². The Kier molecular flexibility index (Phi) is 10.2. The Bertz CT molecular complexity index is 1560. The number of ether oxygens (including phenoxy) is 3. The molecule has 1 saturated heterocycles. The first kappa shape index (κ1) is 33.6. The monoisotopic (exact) mass is 647 g/mol. The number of amides is 1. The first-order chi connectivity index (χ1) is 22.5. The van der Waals surface area contributed by atoms with Crippen molar-refractivity contribution < 1.29 is 28.9 Å². The Labute approximate surface area is 275 Å². The highest BCUT2D eigenvalue weighted by Gasteiger charge is 2.51. The normalized spacial score (nSPS) is 16.2. The standard InChI is InChI=1S/C34H45N7O6/c1-33(2,3)34(30(42)43,40-32(44)47-20-22-10-7-6-8-11-22)21-36-28-26(45-4)29(39-31(38-28)46-5)41-18-15-23(16-19-41)25-14-13-24-12-9-17-35-27(24)37-25/h6-8,10-11,13-14,23H,9,12,15-21H2,1-5H3,(H,35,37)(H,40,44)(H,42,43)(H,36,38,39). The van der Waals surface area contributed by atoms with Crippen LogP contribution in [0.2, 0.25) is 0 Å². The average Bonchev–Trinajstić information content (AvgIpc) is 3.08. The minimum absolute atomic E-state index is 0.00362. The van der Waals surface area contributed by atoms with Gasteiger partial charge in [-0.05, 0) is 48.3 Å². The van der Waals surface area contributed by atoms with Crippen LogP contribution in [0.3, 0.4) is 0 Å². The number of alkyl carbamates (subject to hydrolysis) is 1. The number of nitrogens with one attached hydrogen (secondary N) is 3. The highest BCUT2D eigenvalue weighted by atomic mass is 16.5. The summed E-state index contributed by atoms with van der Waals surface area (Å²) >= 11 is 0. The fourth-order valence-electron chi connectivity index (χ4n) is 6.09. The molecule has 0 bridgehead atoms. The van der Waals surface area contributed by atoms with Gasteiger partial charge in [0.2, 0.25) is 5.75 Å². The Morgan fingerprint density at radius 3 is 2.43 bits per heavy atom. The minimum atomic E-state index is -1.79. The molecule has 0 saturated carbocycles. The van der Waals surface area contributed by atoms with E-state index >= 15 is 0 Å². The topological polar surface area (TPSA) is 160 Å². The number of anilines is 3. The third kappa shape index (κ3) is 7.44. The van der Waals surface area contributed by atoms with Gasteiger partial charge in [0.05, 0.1) is 20.8 Å². The van der Waals surface area contributed by atoms with E-state index in [1.54, 1.807) is 20.8 Å². The molecule has 1 amide bonds. The molecule has 2 aromatic heterocycles. The zero-order chi connectivity index (χ0) is 33.6. The number of carboxylic acids is 1. The van der Waals surface area contributed by atoms with Gasteiger partial charge in [0, 0.05) is 31.2 Å². The molecule has 4 N–H and O–H groups in total. The number of fused-ring (bicyclic) bond motifs is 1. The number of methoxy groups -OCH3 is 2. The third-order valence-corrected chi connectivity index (χ3v) is 9.04. The SMILES string of the molecule is COc1nc(NCC(NC(=O)OCc2ccccc2)(C(=O)O)C(C)(C)C)c(OC)c(N2CCC(c3ccc4c(n3)NCCC4)CC2)n1. The summed E-state index contributed by atoms with van der Waals surface area (Å²) in [5.41, 5.74) is 0.400. The molecular weight excluding hydrogens is 602 g/mol. The van der Waals surface area contributed by atoms with Crippen LogP contribution in [-0.2, 0) is 22.6 Å². The Morgan fingerprint density at radius 1 is 1.02 bits per heavy atom. The summed E-state index contributed by atoms with van der Waals surface area (Å²) in [7, 11) is 2.99. The van der Waals surface area contributed by atoms with Gasteiger partial charge in [0.25, 0.3) is 0 Å². The van der Waals surface area contributed by atoms with E-state index in [1.807, 2.05) is 30.3 Å². The van der Waals surface area contributed by atoms with Gasteiger partial charge < -0.3 is 40.2 Å². The summed E-state index contributed by atoms with van der Waals surface area (Å²) in [5, 5.41) is 19.7. The number of aromatic nitrogens is 3. The van der Waals surface area contributed by atoms with Gasteiger partial charge >= 0.3 is 18.1 Å². The average molecular weight is 648 g/mol. The number of carboxylic acid groups (broad SMARTS) is 1.